The maximum absolute atomic E-state index is 11.7. The van der Waals surface area contributed by atoms with Crippen molar-refractivity contribution in [3.8, 4) is 0 Å². The van der Waals surface area contributed by atoms with Crippen LogP contribution in [0.5, 0.6) is 0 Å². The summed E-state index contributed by atoms with van der Waals surface area (Å²) in [6, 6.07) is 3.85. The van der Waals surface area contributed by atoms with Crippen molar-refractivity contribution in [2.75, 3.05) is 6.54 Å². The van der Waals surface area contributed by atoms with Crippen LogP contribution in [0, 0.1) is 13.8 Å². The SMILES string of the molecule is Cc1cc(C)n(CC(=O)NCCCn2cccn2)n1. The van der Waals surface area contributed by atoms with Crippen LogP contribution in [0.25, 0.3) is 0 Å². The second kappa shape index (κ2) is 6.17. The van der Waals surface area contributed by atoms with Crippen LogP contribution in [-0.4, -0.2) is 32.0 Å². The fourth-order valence-corrected chi connectivity index (χ4v) is 1.93. The molecule has 0 saturated heterocycles. The Morgan fingerprint density at radius 2 is 2.26 bits per heavy atom. The zero-order valence-electron chi connectivity index (χ0n) is 11.3. The molecule has 1 N–H and O–H groups in total. The van der Waals surface area contributed by atoms with E-state index >= 15 is 0 Å². The smallest absolute Gasteiger partial charge is 0.241 e. The Labute approximate surface area is 112 Å². The highest BCUT2D eigenvalue weighted by atomic mass is 16.2. The summed E-state index contributed by atoms with van der Waals surface area (Å²) in [5.41, 5.74) is 1.94. The molecule has 102 valence electrons. The number of rotatable bonds is 6. The van der Waals surface area contributed by atoms with Gasteiger partial charge in [-0.25, -0.2) is 0 Å². The Kier molecular flexibility index (Phi) is 4.33. The largest absolute Gasteiger partial charge is 0.354 e. The predicted octanol–water partition coefficient (Wildman–Crippen LogP) is 0.903. The first-order chi connectivity index (χ1) is 9.15. The van der Waals surface area contributed by atoms with Crippen LogP contribution in [0.4, 0.5) is 0 Å². The van der Waals surface area contributed by atoms with Gasteiger partial charge in [-0.3, -0.25) is 14.2 Å². The van der Waals surface area contributed by atoms with Gasteiger partial charge in [0.05, 0.1) is 5.69 Å². The molecule has 2 heterocycles. The zero-order valence-corrected chi connectivity index (χ0v) is 11.3. The van der Waals surface area contributed by atoms with Gasteiger partial charge in [-0.1, -0.05) is 0 Å². The molecule has 0 bridgehead atoms. The minimum absolute atomic E-state index is 0.00772. The molecule has 1 amide bonds. The average Bonchev–Trinajstić information content (AvgIpc) is 2.96. The van der Waals surface area contributed by atoms with Gasteiger partial charge >= 0.3 is 0 Å². The number of aryl methyl sites for hydroxylation is 3. The van der Waals surface area contributed by atoms with E-state index in [-0.39, 0.29) is 12.5 Å². The third-order valence-corrected chi connectivity index (χ3v) is 2.84. The highest BCUT2D eigenvalue weighted by Gasteiger charge is 2.06. The summed E-state index contributed by atoms with van der Waals surface area (Å²) >= 11 is 0. The molecule has 0 aliphatic carbocycles. The summed E-state index contributed by atoms with van der Waals surface area (Å²) in [4.78, 5) is 11.7. The van der Waals surface area contributed by atoms with Gasteiger partial charge in [0.15, 0.2) is 0 Å². The van der Waals surface area contributed by atoms with E-state index in [0.717, 1.165) is 24.4 Å². The predicted molar refractivity (Wildman–Crippen MR) is 71.6 cm³/mol. The topological polar surface area (TPSA) is 64.7 Å². The molecule has 0 unspecified atom stereocenters. The van der Waals surface area contributed by atoms with E-state index in [1.165, 1.54) is 0 Å². The third-order valence-electron chi connectivity index (χ3n) is 2.84. The molecule has 0 aliphatic rings. The molecule has 0 atom stereocenters. The summed E-state index contributed by atoms with van der Waals surface area (Å²) < 4.78 is 3.57. The van der Waals surface area contributed by atoms with Crippen molar-refractivity contribution < 1.29 is 4.79 Å². The first-order valence-electron chi connectivity index (χ1n) is 6.40. The molecule has 19 heavy (non-hydrogen) atoms. The van der Waals surface area contributed by atoms with Crippen molar-refractivity contribution in [2.45, 2.75) is 33.4 Å². The number of aromatic nitrogens is 4. The Bertz CT molecular complexity index is 529. The quantitative estimate of drug-likeness (QED) is 0.786. The van der Waals surface area contributed by atoms with Crippen molar-refractivity contribution >= 4 is 5.91 Å². The first kappa shape index (κ1) is 13.3. The van der Waals surface area contributed by atoms with Crippen molar-refractivity contribution in [1.29, 1.82) is 0 Å². The van der Waals surface area contributed by atoms with Crippen molar-refractivity contribution in [2.24, 2.45) is 0 Å². The molecule has 2 rings (SSSR count). The number of hydrogen-bond donors (Lipinski definition) is 1. The maximum Gasteiger partial charge on any atom is 0.241 e. The minimum Gasteiger partial charge on any atom is -0.354 e. The van der Waals surface area contributed by atoms with Gasteiger partial charge in [0, 0.05) is 31.2 Å². The number of carbonyl (C=O) groups is 1. The summed E-state index contributed by atoms with van der Waals surface area (Å²) in [7, 11) is 0. The Hall–Kier alpha value is -2.11. The number of nitrogens with zero attached hydrogens (tertiary/aromatic N) is 4. The second-order valence-corrected chi connectivity index (χ2v) is 4.56. The van der Waals surface area contributed by atoms with Gasteiger partial charge in [-0.15, -0.1) is 0 Å². The molecule has 2 aromatic rings. The zero-order chi connectivity index (χ0) is 13.7. The van der Waals surface area contributed by atoms with Crippen LogP contribution in [0.2, 0.25) is 0 Å². The van der Waals surface area contributed by atoms with Crippen LogP contribution in [0.3, 0.4) is 0 Å². The van der Waals surface area contributed by atoms with Gasteiger partial charge in [0.1, 0.15) is 6.54 Å². The Morgan fingerprint density at radius 1 is 1.42 bits per heavy atom. The van der Waals surface area contributed by atoms with Gasteiger partial charge < -0.3 is 5.32 Å². The molecule has 0 radical (unpaired) electrons. The highest BCUT2D eigenvalue weighted by Crippen LogP contribution is 2.00. The summed E-state index contributed by atoms with van der Waals surface area (Å²) in [6.07, 6.45) is 4.53. The molecule has 0 fully saturated rings. The average molecular weight is 261 g/mol. The molecule has 0 aromatic carbocycles. The standard InChI is InChI=1S/C13H19N5O/c1-11-9-12(2)18(16-11)10-13(19)14-5-3-7-17-8-4-6-15-17/h4,6,8-9H,3,5,7,10H2,1-2H3,(H,14,19). The number of hydrogen-bond acceptors (Lipinski definition) is 3. The molecule has 0 saturated carbocycles. The number of nitrogens with one attached hydrogen (secondary N) is 1. The molecule has 0 aliphatic heterocycles. The van der Waals surface area contributed by atoms with E-state index in [1.807, 2.05) is 36.9 Å². The number of carbonyl (C=O) groups excluding carboxylic acids is 1. The van der Waals surface area contributed by atoms with Gasteiger partial charge in [-0.2, -0.15) is 10.2 Å². The normalized spacial score (nSPS) is 10.6. The molecule has 6 heteroatoms. The van der Waals surface area contributed by atoms with E-state index in [2.05, 4.69) is 15.5 Å². The molecule has 0 spiro atoms. The van der Waals surface area contributed by atoms with E-state index in [1.54, 1.807) is 10.9 Å². The lowest BCUT2D eigenvalue weighted by atomic mass is 10.4. The van der Waals surface area contributed by atoms with Crippen molar-refractivity contribution in [3.05, 3.63) is 35.9 Å². The lowest BCUT2D eigenvalue weighted by Gasteiger charge is -2.07. The van der Waals surface area contributed by atoms with Crippen LogP contribution < -0.4 is 5.32 Å². The van der Waals surface area contributed by atoms with Crippen LogP contribution in [0.1, 0.15) is 17.8 Å². The first-order valence-corrected chi connectivity index (χ1v) is 6.40. The lowest BCUT2D eigenvalue weighted by Crippen LogP contribution is -2.29. The van der Waals surface area contributed by atoms with Gasteiger partial charge in [-0.05, 0) is 32.4 Å². The third kappa shape index (κ3) is 3.94. The van der Waals surface area contributed by atoms with E-state index in [4.69, 9.17) is 0 Å². The van der Waals surface area contributed by atoms with Crippen molar-refractivity contribution in [3.63, 3.8) is 0 Å². The summed E-state index contributed by atoms with van der Waals surface area (Å²) in [5.74, 6) is -0.00772. The maximum atomic E-state index is 11.7. The summed E-state index contributed by atoms with van der Waals surface area (Å²) in [6.45, 7) is 5.61. The monoisotopic (exact) mass is 261 g/mol. The fraction of sp³-hybridized carbons (Fsp3) is 0.462. The van der Waals surface area contributed by atoms with E-state index in [0.29, 0.717) is 6.54 Å². The van der Waals surface area contributed by atoms with Gasteiger partial charge in [0.2, 0.25) is 5.91 Å². The highest BCUT2D eigenvalue weighted by molar-refractivity contribution is 5.75. The van der Waals surface area contributed by atoms with Crippen LogP contribution >= 0.6 is 0 Å². The Balaban J connectivity index is 1.68. The molecular weight excluding hydrogens is 242 g/mol. The van der Waals surface area contributed by atoms with E-state index in [9.17, 15) is 4.79 Å². The molecule has 6 nitrogen and oxygen atoms in total. The fourth-order valence-electron chi connectivity index (χ4n) is 1.93. The minimum atomic E-state index is -0.00772. The second-order valence-electron chi connectivity index (χ2n) is 4.56. The van der Waals surface area contributed by atoms with Crippen molar-refractivity contribution in [1.82, 2.24) is 24.9 Å². The number of amides is 1. The van der Waals surface area contributed by atoms with Crippen LogP contribution in [0.15, 0.2) is 24.5 Å². The van der Waals surface area contributed by atoms with E-state index < -0.39 is 0 Å². The molecule has 2 aromatic heterocycles. The van der Waals surface area contributed by atoms with Crippen LogP contribution in [-0.2, 0) is 17.9 Å². The lowest BCUT2D eigenvalue weighted by molar-refractivity contribution is -0.121. The summed E-state index contributed by atoms with van der Waals surface area (Å²) in [5, 5.41) is 11.3. The van der Waals surface area contributed by atoms with Gasteiger partial charge in [0.25, 0.3) is 0 Å². The Morgan fingerprint density at radius 3 is 2.89 bits per heavy atom. The molecular formula is C13H19N5O.